The molecule has 1 amide bonds. The highest BCUT2D eigenvalue weighted by Gasteiger charge is 2.12. The number of nitrogens with zero attached hydrogens (tertiary/aromatic N) is 1. The van der Waals surface area contributed by atoms with Gasteiger partial charge in [-0.2, -0.15) is 0 Å². The van der Waals surface area contributed by atoms with E-state index in [0.29, 0.717) is 5.56 Å². The van der Waals surface area contributed by atoms with Gasteiger partial charge in [0, 0.05) is 24.4 Å². The number of pyridine rings is 1. The normalized spacial score (nSPS) is 10.1. The quantitative estimate of drug-likeness (QED) is 0.647. The van der Waals surface area contributed by atoms with E-state index in [1.807, 2.05) is 6.92 Å². The van der Waals surface area contributed by atoms with Crippen LogP contribution in [0.1, 0.15) is 33.6 Å². The second-order valence-electron chi connectivity index (χ2n) is 4.25. The van der Waals surface area contributed by atoms with E-state index in [1.54, 1.807) is 24.3 Å². The van der Waals surface area contributed by atoms with Crippen molar-refractivity contribution in [3.63, 3.8) is 0 Å². The van der Waals surface area contributed by atoms with Crippen molar-refractivity contribution in [3.05, 3.63) is 53.7 Å². The van der Waals surface area contributed by atoms with Crippen LogP contribution in [0.5, 0.6) is 0 Å². The Morgan fingerprint density at radius 1 is 1.24 bits per heavy atom. The Bertz CT molecular complexity index is 607. The number of furan rings is 1. The van der Waals surface area contributed by atoms with E-state index < -0.39 is 5.97 Å². The molecule has 0 saturated heterocycles. The maximum absolute atomic E-state index is 11.7. The zero-order chi connectivity index (χ0) is 15.1. The van der Waals surface area contributed by atoms with Gasteiger partial charge in [-0.05, 0) is 24.3 Å². The predicted octanol–water partition coefficient (Wildman–Crippen LogP) is 1.82. The zero-order valence-electron chi connectivity index (χ0n) is 11.7. The monoisotopic (exact) mass is 288 g/mol. The Morgan fingerprint density at radius 2 is 2.00 bits per heavy atom. The molecule has 0 aromatic carbocycles. The van der Waals surface area contributed by atoms with Crippen LogP contribution in [-0.2, 0) is 11.2 Å². The number of hydrogen-bond acceptors (Lipinski definition) is 5. The number of amides is 1. The van der Waals surface area contributed by atoms with Crippen molar-refractivity contribution in [2.24, 2.45) is 0 Å². The van der Waals surface area contributed by atoms with Crippen LogP contribution in [0.2, 0.25) is 0 Å². The lowest BCUT2D eigenvalue weighted by atomic mass is 10.2. The van der Waals surface area contributed by atoms with Crippen LogP contribution in [-0.4, -0.2) is 30.0 Å². The SMILES string of the molecule is CCc1ccc(C(=O)OCCNC(=O)c2ccncc2)o1. The van der Waals surface area contributed by atoms with E-state index in [9.17, 15) is 9.59 Å². The molecular weight excluding hydrogens is 272 g/mol. The van der Waals surface area contributed by atoms with Crippen LogP contribution in [0.3, 0.4) is 0 Å². The van der Waals surface area contributed by atoms with Gasteiger partial charge in [-0.3, -0.25) is 9.78 Å². The molecule has 6 heteroatoms. The molecule has 2 rings (SSSR count). The summed E-state index contributed by atoms with van der Waals surface area (Å²) < 4.78 is 10.3. The van der Waals surface area contributed by atoms with Gasteiger partial charge in [0.15, 0.2) is 0 Å². The molecule has 21 heavy (non-hydrogen) atoms. The van der Waals surface area contributed by atoms with Gasteiger partial charge in [0.05, 0.1) is 6.54 Å². The first-order valence-corrected chi connectivity index (χ1v) is 6.64. The third kappa shape index (κ3) is 4.17. The van der Waals surface area contributed by atoms with Gasteiger partial charge in [0.2, 0.25) is 5.76 Å². The van der Waals surface area contributed by atoms with E-state index in [0.717, 1.165) is 12.2 Å². The lowest BCUT2D eigenvalue weighted by Crippen LogP contribution is -2.28. The minimum absolute atomic E-state index is 0.0812. The van der Waals surface area contributed by atoms with Crippen molar-refractivity contribution < 1.29 is 18.7 Å². The summed E-state index contributed by atoms with van der Waals surface area (Å²) in [7, 11) is 0. The summed E-state index contributed by atoms with van der Waals surface area (Å²) >= 11 is 0. The summed E-state index contributed by atoms with van der Waals surface area (Å²) in [6.07, 6.45) is 3.80. The summed E-state index contributed by atoms with van der Waals surface area (Å²) in [5.74, 6) is 0.132. The van der Waals surface area contributed by atoms with Gasteiger partial charge in [-0.1, -0.05) is 6.92 Å². The zero-order valence-corrected chi connectivity index (χ0v) is 11.7. The standard InChI is InChI=1S/C15H16N2O4/c1-2-12-3-4-13(21-12)15(19)20-10-9-17-14(18)11-5-7-16-8-6-11/h3-8H,2,9-10H2,1H3,(H,17,18). The largest absolute Gasteiger partial charge is 0.458 e. The molecule has 2 aromatic heterocycles. The summed E-state index contributed by atoms with van der Waals surface area (Å²) in [5, 5.41) is 2.65. The van der Waals surface area contributed by atoms with Crippen LogP contribution in [0.4, 0.5) is 0 Å². The first-order valence-electron chi connectivity index (χ1n) is 6.64. The molecule has 0 aliphatic carbocycles. The van der Waals surface area contributed by atoms with Crippen molar-refractivity contribution in [1.82, 2.24) is 10.3 Å². The maximum atomic E-state index is 11.7. The van der Waals surface area contributed by atoms with E-state index in [4.69, 9.17) is 9.15 Å². The Hall–Kier alpha value is -2.63. The first-order chi connectivity index (χ1) is 10.2. The number of esters is 1. The molecule has 0 fully saturated rings. The number of ether oxygens (including phenoxy) is 1. The van der Waals surface area contributed by atoms with Crippen molar-refractivity contribution in [2.75, 3.05) is 13.2 Å². The van der Waals surface area contributed by atoms with E-state index in [1.165, 1.54) is 12.4 Å². The molecule has 0 unspecified atom stereocenters. The summed E-state index contributed by atoms with van der Waals surface area (Å²) in [5.41, 5.74) is 0.509. The molecule has 0 radical (unpaired) electrons. The van der Waals surface area contributed by atoms with Crippen LogP contribution in [0.25, 0.3) is 0 Å². The van der Waals surface area contributed by atoms with Crippen molar-refractivity contribution in [2.45, 2.75) is 13.3 Å². The fourth-order valence-electron chi connectivity index (χ4n) is 1.66. The summed E-state index contributed by atoms with van der Waals surface area (Å²) in [6, 6.07) is 6.53. The Kier molecular flexibility index (Phi) is 5.09. The van der Waals surface area contributed by atoms with Crippen molar-refractivity contribution in [3.8, 4) is 0 Å². The number of carbonyl (C=O) groups excluding carboxylic acids is 2. The van der Waals surface area contributed by atoms with Crippen LogP contribution < -0.4 is 5.32 Å². The van der Waals surface area contributed by atoms with Crippen LogP contribution in [0, 0.1) is 0 Å². The Labute approximate surface area is 122 Å². The predicted molar refractivity (Wildman–Crippen MR) is 74.9 cm³/mol. The average Bonchev–Trinajstić information content (AvgIpc) is 3.01. The number of rotatable bonds is 6. The lowest BCUT2D eigenvalue weighted by Gasteiger charge is -2.05. The second kappa shape index (κ2) is 7.23. The highest BCUT2D eigenvalue weighted by molar-refractivity contribution is 5.94. The molecule has 1 N–H and O–H groups in total. The van der Waals surface area contributed by atoms with Crippen molar-refractivity contribution >= 4 is 11.9 Å². The molecule has 0 atom stereocenters. The van der Waals surface area contributed by atoms with Crippen LogP contribution >= 0.6 is 0 Å². The summed E-state index contributed by atoms with van der Waals surface area (Å²) in [4.78, 5) is 27.2. The minimum atomic E-state index is -0.534. The van der Waals surface area contributed by atoms with Gasteiger partial charge < -0.3 is 14.5 Å². The molecule has 6 nitrogen and oxygen atoms in total. The Balaban J connectivity index is 1.72. The first kappa shape index (κ1) is 14.8. The molecule has 0 aliphatic heterocycles. The topological polar surface area (TPSA) is 81.4 Å². The summed E-state index contributed by atoms with van der Waals surface area (Å²) in [6.45, 7) is 2.24. The molecule has 2 aromatic rings. The molecule has 0 spiro atoms. The van der Waals surface area contributed by atoms with Crippen molar-refractivity contribution in [1.29, 1.82) is 0 Å². The smallest absolute Gasteiger partial charge is 0.374 e. The molecule has 0 bridgehead atoms. The van der Waals surface area contributed by atoms with Gasteiger partial charge >= 0.3 is 5.97 Å². The molecule has 0 saturated carbocycles. The van der Waals surface area contributed by atoms with E-state index in [-0.39, 0.29) is 24.8 Å². The van der Waals surface area contributed by atoms with E-state index in [2.05, 4.69) is 10.3 Å². The lowest BCUT2D eigenvalue weighted by molar-refractivity contribution is 0.0466. The molecule has 0 aliphatic rings. The van der Waals surface area contributed by atoms with Gasteiger partial charge in [0.1, 0.15) is 12.4 Å². The second-order valence-corrected chi connectivity index (χ2v) is 4.25. The number of aryl methyl sites for hydroxylation is 1. The van der Waals surface area contributed by atoms with Crippen LogP contribution in [0.15, 0.2) is 41.1 Å². The fourth-order valence-corrected chi connectivity index (χ4v) is 1.66. The highest BCUT2D eigenvalue weighted by atomic mass is 16.5. The minimum Gasteiger partial charge on any atom is -0.458 e. The van der Waals surface area contributed by atoms with Gasteiger partial charge in [-0.25, -0.2) is 4.79 Å². The van der Waals surface area contributed by atoms with Gasteiger partial charge in [-0.15, -0.1) is 0 Å². The molecular formula is C15H16N2O4. The maximum Gasteiger partial charge on any atom is 0.374 e. The number of hydrogen-bond donors (Lipinski definition) is 1. The Morgan fingerprint density at radius 3 is 2.67 bits per heavy atom. The average molecular weight is 288 g/mol. The highest BCUT2D eigenvalue weighted by Crippen LogP contribution is 2.09. The van der Waals surface area contributed by atoms with E-state index >= 15 is 0 Å². The molecule has 110 valence electrons. The third-order valence-corrected chi connectivity index (χ3v) is 2.77. The van der Waals surface area contributed by atoms with Gasteiger partial charge in [0.25, 0.3) is 5.91 Å². The fraction of sp³-hybridized carbons (Fsp3) is 0.267. The number of aromatic nitrogens is 1. The number of nitrogens with one attached hydrogen (secondary N) is 1. The molecule has 2 heterocycles. The third-order valence-electron chi connectivity index (χ3n) is 2.77. The number of carbonyl (C=O) groups is 2.